The molecule has 1 atom stereocenters. The Bertz CT molecular complexity index is 477. The molecule has 2 bridgehead atoms. The number of hydrogen-bond donors (Lipinski definition) is 1. The Labute approximate surface area is 114 Å². The minimum atomic E-state index is 0.397. The molecule has 102 valence electrons. The third-order valence-corrected chi connectivity index (χ3v) is 4.59. The van der Waals surface area contributed by atoms with Crippen molar-refractivity contribution in [2.45, 2.75) is 24.8 Å². The summed E-state index contributed by atoms with van der Waals surface area (Å²) in [5.74, 6) is 2.69. The topological polar surface area (TPSA) is 44.3 Å². The van der Waals surface area contributed by atoms with Gasteiger partial charge < -0.3 is 5.32 Å². The monoisotopic (exact) mass is 259 g/mol. The van der Waals surface area contributed by atoms with Crippen molar-refractivity contribution in [1.29, 1.82) is 0 Å². The maximum atomic E-state index is 4.87. The summed E-state index contributed by atoms with van der Waals surface area (Å²) in [6.07, 6.45) is 2.58. The molecule has 19 heavy (non-hydrogen) atoms. The van der Waals surface area contributed by atoms with E-state index in [1.807, 2.05) is 7.05 Å². The van der Waals surface area contributed by atoms with E-state index in [1.165, 1.54) is 31.6 Å². The van der Waals surface area contributed by atoms with E-state index < -0.39 is 0 Å². The first kappa shape index (κ1) is 11.6. The summed E-state index contributed by atoms with van der Waals surface area (Å²) in [6.45, 7) is 5.83. The largest absolute Gasteiger partial charge is 0.373 e. The summed E-state index contributed by atoms with van der Waals surface area (Å²) >= 11 is 0. The van der Waals surface area contributed by atoms with E-state index in [-0.39, 0.29) is 0 Å². The second-order valence-corrected chi connectivity index (χ2v) is 5.91. The van der Waals surface area contributed by atoms with Crippen LogP contribution in [0, 0.1) is 0 Å². The van der Waals surface area contributed by atoms with Crippen LogP contribution in [0.25, 0.3) is 0 Å². The molecule has 4 fully saturated rings. The number of rotatable bonds is 3. The van der Waals surface area contributed by atoms with E-state index >= 15 is 0 Å². The third-order valence-electron chi connectivity index (χ3n) is 4.59. The second kappa shape index (κ2) is 4.42. The molecule has 1 unspecified atom stereocenters. The van der Waals surface area contributed by atoms with Crippen molar-refractivity contribution in [1.82, 2.24) is 19.8 Å². The highest BCUT2D eigenvalue weighted by atomic mass is 15.4. The SMILES string of the molecule is CNc1cc(C2CC2)nc(C2CN3CCN2CC3)n1. The highest BCUT2D eigenvalue weighted by Gasteiger charge is 2.35. The number of piperazine rings is 3. The van der Waals surface area contributed by atoms with Gasteiger partial charge in [-0.15, -0.1) is 0 Å². The molecule has 0 radical (unpaired) electrons. The number of anilines is 1. The number of nitrogens with one attached hydrogen (secondary N) is 1. The Hall–Kier alpha value is -1.20. The molecular weight excluding hydrogens is 238 g/mol. The van der Waals surface area contributed by atoms with E-state index in [0.717, 1.165) is 31.3 Å². The molecular formula is C14H21N5. The third kappa shape index (κ3) is 2.11. The van der Waals surface area contributed by atoms with Gasteiger partial charge in [0.05, 0.1) is 6.04 Å². The summed E-state index contributed by atoms with van der Waals surface area (Å²) in [5, 5.41) is 3.19. The average Bonchev–Trinajstić information content (AvgIpc) is 3.32. The fourth-order valence-corrected chi connectivity index (χ4v) is 3.21. The van der Waals surface area contributed by atoms with Crippen LogP contribution in [0.5, 0.6) is 0 Å². The normalized spacial score (nSPS) is 33.4. The smallest absolute Gasteiger partial charge is 0.149 e. The Balaban J connectivity index is 1.67. The van der Waals surface area contributed by atoms with Gasteiger partial charge in [0.25, 0.3) is 0 Å². The first-order chi connectivity index (χ1) is 9.33. The van der Waals surface area contributed by atoms with Gasteiger partial charge in [-0.05, 0) is 12.8 Å². The van der Waals surface area contributed by atoms with Gasteiger partial charge in [-0.2, -0.15) is 0 Å². The second-order valence-electron chi connectivity index (χ2n) is 5.91. The molecule has 1 aromatic heterocycles. The minimum absolute atomic E-state index is 0.397. The molecule has 0 amide bonds. The molecule has 4 heterocycles. The summed E-state index contributed by atoms with van der Waals surface area (Å²) in [7, 11) is 1.94. The van der Waals surface area contributed by atoms with E-state index in [2.05, 4.69) is 21.2 Å². The number of nitrogens with zero attached hydrogens (tertiary/aromatic N) is 4. The average molecular weight is 259 g/mol. The van der Waals surface area contributed by atoms with Gasteiger partial charge in [-0.1, -0.05) is 0 Å². The van der Waals surface area contributed by atoms with Crippen molar-refractivity contribution in [3.05, 3.63) is 17.6 Å². The predicted molar refractivity (Wildman–Crippen MR) is 74.3 cm³/mol. The van der Waals surface area contributed by atoms with Crippen molar-refractivity contribution < 1.29 is 0 Å². The van der Waals surface area contributed by atoms with Crippen LogP contribution in [-0.2, 0) is 0 Å². The quantitative estimate of drug-likeness (QED) is 0.879. The number of aromatic nitrogens is 2. The first-order valence-corrected chi connectivity index (χ1v) is 7.36. The summed E-state index contributed by atoms with van der Waals surface area (Å²) < 4.78 is 0. The van der Waals surface area contributed by atoms with Gasteiger partial charge in [-0.3, -0.25) is 9.80 Å². The van der Waals surface area contributed by atoms with E-state index in [9.17, 15) is 0 Å². The fourth-order valence-electron chi connectivity index (χ4n) is 3.21. The zero-order valence-corrected chi connectivity index (χ0v) is 11.5. The lowest BCUT2D eigenvalue weighted by molar-refractivity contribution is 0.00862. The van der Waals surface area contributed by atoms with Crippen molar-refractivity contribution in [3.8, 4) is 0 Å². The molecule has 1 aromatic rings. The molecule has 5 rings (SSSR count). The van der Waals surface area contributed by atoms with Gasteiger partial charge in [0.1, 0.15) is 11.6 Å². The van der Waals surface area contributed by atoms with Crippen LogP contribution in [0.2, 0.25) is 0 Å². The van der Waals surface area contributed by atoms with Crippen LogP contribution in [0.4, 0.5) is 5.82 Å². The van der Waals surface area contributed by atoms with Gasteiger partial charge in [0.2, 0.25) is 0 Å². The van der Waals surface area contributed by atoms with Gasteiger partial charge >= 0.3 is 0 Å². The zero-order chi connectivity index (χ0) is 12.8. The molecule has 3 aliphatic heterocycles. The standard InChI is InChI=1S/C14H21N5/c1-15-13-8-11(10-2-3-10)16-14(17-13)12-9-18-4-6-19(12)7-5-18/h8,10,12H,2-7,9H2,1H3,(H,15,16,17). The Morgan fingerprint density at radius 1 is 1.16 bits per heavy atom. The van der Waals surface area contributed by atoms with E-state index in [4.69, 9.17) is 9.97 Å². The van der Waals surface area contributed by atoms with Crippen LogP contribution in [0.1, 0.15) is 36.3 Å². The van der Waals surface area contributed by atoms with Crippen LogP contribution in [0.15, 0.2) is 6.07 Å². The fraction of sp³-hybridized carbons (Fsp3) is 0.714. The lowest BCUT2D eigenvalue weighted by atomic mass is 10.1. The van der Waals surface area contributed by atoms with Crippen LogP contribution < -0.4 is 5.32 Å². The van der Waals surface area contributed by atoms with Crippen molar-refractivity contribution in [2.24, 2.45) is 0 Å². The molecule has 1 saturated carbocycles. The maximum absolute atomic E-state index is 4.87. The summed E-state index contributed by atoms with van der Waals surface area (Å²) in [6, 6.07) is 2.52. The van der Waals surface area contributed by atoms with Crippen LogP contribution >= 0.6 is 0 Å². The van der Waals surface area contributed by atoms with Crippen LogP contribution in [-0.4, -0.2) is 59.5 Å². The Kier molecular flexibility index (Phi) is 2.70. The van der Waals surface area contributed by atoms with Crippen molar-refractivity contribution in [2.75, 3.05) is 45.1 Å². The first-order valence-electron chi connectivity index (χ1n) is 7.36. The molecule has 0 aromatic carbocycles. The molecule has 5 heteroatoms. The molecule has 5 nitrogen and oxygen atoms in total. The molecule has 1 N–H and O–H groups in total. The lowest BCUT2D eigenvalue weighted by Crippen LogP contribution is -2.57. The zero-order valence-electron chi connectivity index (χ0n) is 11.5. The highest BCUT2D eigenvalue weighted by Crippen LogP contribution is 2.40. The Morgan fingerprint density at radius 2 is 1.95 bits per heavy atom. The lowest BCUT2D eigenvalue weighted by Gasteiger charge is -2.46. The number of hydrogen-bond acceptors (Lipinski definition) is 5. The Morgan fingerprint density at radius 3 is 2.53 bits per heavy atom. The van der Waals surface area contributed by atoms with Crippen molar-refractivity contribution in [3.63, 3.8) is 0 Å². The van der Waals surface area contributed by atoms with Crippen molar-refractivity contribution >= 4 is 5.82 Å². The van der Waals surface area contributed by atoms with Gasteiger partial charge in [0.15, 0.2) is 0 Å². The molecule has 3 saturated heterocycles. The minimum Gasteiger partial charge on any atom is -0.373 e. The molecule has 1 aliphatic carbocycles. The molecule has 4 aliphatic rings. The summed E-state index contributed by atoms with van der Waals surface area (Å²) in [4.78, 5) is 14.7. The highest BCUT2D eigenvalue weighted by molar-refractivity contribution is 5.38. The summed E-state index contributed by atoms with van der Waals surface area (Å²) in [5.41, 5.74) is 1.24. The van der Waals surface area contributed by atoms with Gasteiger partial charge in [0, 0.05) is 57.4 Å². The van der Waals surface area contributed by atoms with E-state index in [1.54, 1.807) is 0 Å². The van der Waals surface area contributed by atoms with E-state index in [0.29, 0.717) is 12.0 Å². The number of fused-ring (bicyclic) bond motifs is 3. The van der Waals surface area contributed by atoms with Gasteiger partial charge in [-0.25, -0.2) is 9.97 Å². The predicted octanol–water partition coefficient (Wildman–Crippen LogP) is 1.07. The maximum Gasteiger partial charge on any atom is 0.149 e. The molecule has 0 spiro atoms. The van der Waals surface area contributed by atoms with Crippen LogP contribution in [0.3, 0.4) is 0 Å².